The van der Waals surface area contributed by atoms with Crippen molar-refractivity contribution in [1.29, 1.82) is 0 Å². The number of halogens is 2. The molecule has 0 saturated heterocycles. The zero-order valence-corrected chi connectivity index (χ0v) is 13.4. The average molecular weight is 316 g/mol. The summed E-state index contributed by atoms with van der Waals surface area (Å²) in [5.41, 5.74) is 0.884. The van der Waals surface area contributed by atoms with Gasteiger partial charge >= 0.3 is 0 Å². The molecule has 0 aliphatic carbocycles. The molecule has 0 amide bonds. The fourth-order valence-corrected chi connectivity index (χ4v) is 3.43. The van der Waals surface area contributed by atoms with E-state index in [2.05, 4.69) is 31.0 Å². The molecule has 0 unspecified atom stereocenters. The number of thioether (sulfide) groups is 1. The third-order valence-corrected chi connectivity index (χ3v) is 4.32. The topological polar surface area (TPSA) is 30.7 Å². The molecule has 0 atom stereocenters. The fourth-order valence-electron chi connectivity index (χ4n) is 1.59. The van der Waals surface area contributed by atoms with Gasteiger partial charge in [0.2, 0.25) is 0 Å². The SMILES string of the molecule is CC(C)(C)n1cnnc1SCc1c(Cl)cccc1Cl. The Hall–Kier alpha value is -0.710. The Balaban J connectivity index is 2.18. The van der Waals surface area contributed by atoms with Crippen LogP contribution in [0.3, 0.4) is 0 Å². The highest BCUT2D eigenvalue weighted by atomic mass is 35.5. The van der Waals surface area contributed by atoms with Crippen LogP contribution in [0.1, 0.15) is 26.3 Å². The predicted molar refractivity (Wildman–Crippen MR) is 81.0 cm³/mol. The molecule has 19 heavy (non-hydrogen) atoms. The molecule has 6 heteroatoms. The molecular weight excluding hydrogens is 301 g/mol. The molecule has 1 heterocycles. The fraction of sp³-hybridized carbons (Fsp3) is 0.385. The first-order valence-electron chi connectivity index (χ1n) is 5.86. The zero-order valence-electron chi connectivity index (χ0n) is 11.0. The van der Waals surface area contributed by atoms with E-state index < -0.39 is 0 Å². The van der Waals surface area contributed by atoms with Crippen LogP contribution in [-0.2, 0) is 11.3 Å². The summed E-state index contributed by atoms with van der Waals surface area (Å²) in [4.78, 5) is 0. The number of benzene rings is 1. The van der Waals surface area contributed by atoms with Gasteiger partial charge in [-0.15, -0.1) is 10.2 Å². The Morgan fingerprint density at radius 2 is 1.84 bits per heavy atom. The van der Waals surface area contributed by atoms with Crippen LogP contribution in [0.4, 0.5) is 0 Å². The lowest BCUT2D eigenvalue weighted by Gasteiger charge is -2.21. The summed E-state index contributed by atoms with van der Waals surface area (Å²) >= 11 is 13.9. The van der Waals surface area contributed by atoms with Crippen LogP contribution < -0.4 is 0 Å². The molecule has 102 valence electrons. The van der Waals surface area contributed by atoms with E-state index in [9.17, 15) is 0 Å². The van der Waals surface area contributed by atoms with E-state index in [0.29, 0.717) is 15.8 Å². The highest BCUT2D eigenvalue weighted by molar-refractivity contribution is 7.98. The third kappa shape index (κ3) is 3.44. The van der Waals surface area contributed by atoms with Crippen LogP contribution >= 0.6 is 35.0 Å². The van der Waals surface area contributed by atoms with Crippen molar-refractivity contribution >= 4 is 35.0 Å². The van der Waals surface area contributed by atoms with E-state index in [1.54, 1.807) is 18.1 Å². The summed E-state index contributed by atoms with van der Waals surface area (Å²) in [5.74, 6) is 0.674. The van der Waals surface area contributed by atoms with Crippen LogP contribution in [0, 0.1) is 0 Å². The van der Waals surface area contributed by atoms with Crippen molar-refractivity contribution in [2.24, 2.45) is 0 Å². The van der Waals surface area contributed by atoms with Gasteiger partial charge in [0.25, 0.3) is 0 Å². The standard InChI is InChI=1S/C13H15Cl2N3S/c1-13(2,3)18-8-16-17-12(18)19-7-9-10(14)5-4-6-11(9)15/h4-6,8H,7H2,1-3H3. The van der Waals surface area contributed by atoms with Gasteiger partial charge in [-0.25, -0.2) is 0 Å². The van der Waals surface area contributed by atoms with Crippen LogP contribution in [0.15, 0.2) is 29.7 Å². The smallest absolute Gasteiger partial charge is 0.191 e. The highest BCUT2D eigenvalue weighted by Gasteiger charge is 2.18. The van der Waals surface area contributed by atoms with Gasteiger partial charge in [0, 0.05) is 21.3 Å². The van der Waals surface area contributed by atoms with E-state index >= 15 is 0 Å². The normalized spacial score (nSPS) is 11.8. The van der Waals surface area contributed by atoms with Gasteiger partial charge in [-0.1, -0.05) is 41.0 Å². The third-order valence-electron chi connectivity index (χ3n) is 2.65. The first-order chi connectivity index (χ1) is 8.89. The summed E-state index contributed by atoms with van der Waals surface area (Å²) in [6.07, 6.45) is 1.75. The Kier molecular flexibility index (Phi) is 4.43. The largest absolute Gasteiger partial charge is 0.303 e. The van der Waals surface area contributed by atoms with Crippen molar-refractivity contribution in [2.45, 2.75) is 37.2 Å². The molecule has 0 aliphatic rings. The lowest BCUT2D eigenvalue weighted by atomic mass is 10.1. The monoisotopic (exact) mass is 315 g/mol. The molecule has 2 aromatic rings. The summed E-state index contributed by atoms with van der Waals surface area (Å²) in [6.45, 7) is 6.34. The predicted octanol–water partition coefficient (Wildman–Crippen LogP) is 4.63. The van der Waals surface area contributed by atoms with Crippen LogP contribution in [0.5, 0.6) is 0 Å². The molecule has 0 N–H and O–H groups in total. The summed E-state index contributed by atoms with van der Waals surface area (Å²) < 4.78 is 2.04. The number of nitrogens with zero attached hydrogens (tertiary/aromatic N) is 3. The maximum atomic E-state index is 6.16. The number of aromatic nitrogens is 3. The second-order valence-corrected chi connectivity index (χ2v) is 6.90. The molecule has 1 aromatic carbocycles. The minimum atomic E-state index is -0.0455. The minimum absolute atomic E-state index is 0.0455. The molecule has 0 fully saturated rings. The Morgan fingerprint density at radius 1 is 1.21 bits per heavy atom. The van der Waals surface area contributed by atoms with Crippen molar-refractivity contribution in [2.75, 3.05) is 0 Å². The lowest BCUT2D eigenvalue weighted by Crippen LogP contribution is -2.21. The molecule has 3 nitrogen and oxygen atoms in total. The average Bonchev–Trinajstić information content (AvgIpc) is 2.76. The molecule has 1 aromatic heterocycles. The van der Waals surface area contributed by atoms with Gasteiger partial charge in [-0.05, 0) is 38.5 Å². The summed E-state index contributed by atoms with van der Waals surface area (Å²) in [7, 11) is 0. The van der Waals surface area contributed by atoms with Crippen molar-refractivity contribution in [3.05, 3.63) is 40.1 Å². The molecule has 0 bridgehead atoms. The maximum absolute atomic E-state index is 6.16. The van der Waals surface area contributed by atoms with E-state index in [-0.39, 0.29) is 5.54 Å². The number of hydrogen-bond acceptors (Lipinski definition) is 3. The molecule has 2 rings (SSSR count). The molecule has 0 saturated carbocycles. The van der Waals surface area contributed by atoms with E-state index in [1.807, 2.05) is 22.8 Å². The summed E-state index contributed by atoms with van der Waals surface area (Å²) in [5, 5.41) is 10.3. The first-order valence-corrected chi connectivity index (χ1v) is 7.60. The Labute approximate surface area is 127 Å². The number of hydrogen-bond donors (Lipinski definition) is 0. The van der Waals surface area contributed by atoms with Crippen LogP contribution in [0.25, 0.3) is 0 Å². The minimum Gasteiger partial charge on any atom is -0.303 e. The summed E-state index contributed by atoms with van der Waals surface area (Å²) in [6, 6.07) is 5.53. The van der Waals surface area contributed by atoms with Gasteiger partial charge in [0.1, 0.15) is 6.33 Å². The first kappa shape index (κ1) is 14.7. The molecular formula is C13H15Cl2N3S. The van der Waals surface area contributed by atoms with Gasteiger partial charge in [-0.2, -0.15) is 0 Å². The van der Waals surface area contributed by atoms with Crippen molar-refractivity contribution in [3.63, 3.8) is 0 Å². The van der Waals surface area contributed by atoms with Crippen molar-refractivity contribution in [1.82, 2.24) is 14.8 Å². The Morgan fingerprint density at radius 3 is 2.42 bits per heavy atom. The van der Waals surface area contributed by atoms with Crippen molar-refractivity contribution in [3.8, 4) is 0 Å². The van der Waals surface area contributed by atoms with Gasteiger partial charge in [-0.3, -0.25) is 0 Å². The van der Waals surface area contributed by atoms with E-state index in [4.69, 9.17) is 23.2 Å². The molecule has 0 aliphatic heterocycles. The van der Waals surface area contributed by atoms with Crippen LogP contribution in [0.2, 0.25) is 10.0 Å². The van der Waals surface area contributed by atoms with Gasteiger partial charge in [0.05, 0.1) is 0 Å². The lowest BCUT2D eigenvalue weighted by molar-refractivity contribution is 0.367. The van der Waals surface area contributed by atoms with Crippen molar-refractivity contribution < 1.29 is 0 Å². The zero-order chi connectivity index (χ0) is 14.0. The maximum Gasteiger partial charge on any atom is 0.191 e. The molecule has 0 radical (unpaired) electrons. The Bertz CT molecular complexity index is 555. The highest BCUT2D eigenvalue weighted by Crippen LogP contribution is 2.32. The quantitative estimate of drug-likeness (QED) is 0.773. The second kappa shape index (κ2) is 5.73. The second-order valence-electron chi connectivity index (χ2n) is 5.14. The van der Waals surface area contributed by atoms with Gasteiger partial charge < -0.3 is 4.57 Å². The van der Waals surface area contributed by atoms with E-state index in [0.717, 1.165) is 10.7 Å². The van der Waals surface area contributed by atoms with Crippen LogP contribution in [-0.4, -0.2) is 14.8 Å². The molecule has 0 spiro atoms. The van der Waals surface area contributed by atoms with E-state index in [1.165, 1.54) is 0 Å². The van der Waals surface area contributed by atoms with Gasteiger partial charge in [0.15, 0.2) is 5.16 Å². The number of rotatable bonds is 3.